The summed E-state index contributed by atoms with van der Waals surface area (Å²) < 4.78 is 41.6. The molecular formula is C19H29ClN8O4S. The van der Waals surface area contributed by atoms with Gasteiger partial charge in [-0.2, -0.15) is 22.4 Å². The number of nitrogens with one attached hydrogen (secondary N) is 5. The second-order valence-electron chi connectivity index (χ2n) is 8.08. The Morgan fingerprint density at radius 1 is 1.21 bits per heavy atom. The molecule has 4 unspecified atom stereocenters. The minimum atomic E-state index is -3.59. The summed E-state index contributed by atoms with van der Waals surface area (Å²) in [6.07, 6.45) is 6.22. The van der Waals surface area contributed by atoms with Gasteiger partial charge in [0, 0.05) is 32.6 Å². The van der Waals surface area contributed by atoms with Crippen LogP contribution in [0.1, 0.15) is 19.3 Å². The van der Waals surface area contributed by atoms with Crippen LogP contribution in [0.15, 0.2) is 18.1 Å². The molecule has 4 heterocycles. The normalized spacial score (nSPS) is 28.4. The predicted molar refractivity (Wildman–Crippen MR) is 125 cm³/mol. The summed E-state index contributed by atoms with van der Waals surface area (Å²) in [4.78, 5) is 8.53. The summed E-state index contributed by atoms with van der Waals surface area (Å²) in [6.45, 7) is 1.61. The third-order valence-corrected chi connectivity index (χ3v) is 7.71. The Bertz CT molecular complexity index is 988. The van der Waals surface area contributed by atoms with E-state index in [-0.39, 0.29) is 24.7 Å². The molecule has 0 aliphatic carbocycles. The molecule has 4 rings (SSSR count). The Morgan fingerprint density at radius 3 is 2.61 bits per heavy atom. The van der Waals surface area contributed by atoms with E-state index in [1.54, 1.807) is 13.2 Å². The Labute approximate surface area is 198 Å². The minimum Gasteiger partial charge on any atom is -0.392 e. The van der Waals surface area contributed by atoms with Crippen molar-refractivity contribution in [3.05, 3.63) is 23.1 Å². The smallest absolute Gasteiger partial charge is 0.279 e. The van der Waals surface area contributed by atoms with Gasteiger partial charge in [0.25, 0.3) is 10.2 Å². The molecule has 5 N–H and O–H groups in total. The molecule has 4 atom stereocenters. The van der Waals surface area contributed by atoms with Crippen LogP contribution in [0.25, 0.3) is 0 Å². The molecule has 33 heavy (non-hydrogen) atoms. The number of piperidine rings is 1. The van der Waals surface area contributed by atoms with Crippen LogP contribution < -0.4 is 20.7 Å². The highest BCUT2D eigenvalue weighted by atomic mass is 35.5. The van der Waals surface area contributed by atoms with Crippen molar-refractivity contribution < 1.29 is 17.9 Å². The molecule has 0 bridgehead atoms. The van der Waals surface area contributed by atoms with Gasteiger partial charge in [-0.3, -0.25) is 0 Å². The first-order valence-electron chi connectivity index (χ1n) is 10.9. The van der Waals surface area contributed by atoms with E-state index in [9.17, 15) is 8.42 Å². The predicted octanol–water partition coefficient (Wildman–Crippen LogP) is 0.519. The van der Waals surface area contributed by atoms with Gasteiger partial charge in [0.1, 0.15) is 17.2 Å². The molecule has 182 valence electrons. The van der Waals surface area contributed by atoms with Crippen molar-refractivity contribution in [1.82, 2.24) is 24.3 Å². The molecule has 1 aromatic heterocycles. The summed E-state index contributed by atoms with van der Waals surface area (Å²) in [5.74, 6) is 0.653. The van der Waals surface area contributed by atoms with Crippen LogP contribution in [-0.4, -0.2) is 86.5 Å². The number of halogens is 1. The SMILES string of the molecule is CN/C=C(\C=N)Nc1ncc(Cl)c(NC2COC3C(NS(=O)(=O)N4CCCCC4)COC23)n1. The first-order chi connectivity index (χ1) is 15.9. The van der Waals surface area contributed by atoms with E-state index in [0.717, 1.165) is 25.5 Å². The van der Waals surface area contributed by atoms with Gasteiger partial charge in [0.05, 0.1) is 37.2 Å². The summed E-state index contributed by atoms with van der Waals surface area (Å²) >= 11 is 6.29. The second kappa shape index (κ2) is 10.5. The highest BCUT2D eigenvalue weighted by molar-refractivity contribution is 7.87. The second-order valence-corrected chi connectivity index (χ2v) is 10.2. The number of anilines is 2. The maximum atomic E-state index is 12.8. The highest BCUT2D eigenvalue weighted by Crippen LogP contribution is 2.31. The third-order valence-electron chi connectivity index (χ3n) is 5.79. The summed E-state index contributed by atoms with van der Waals surface area (Å²) in [5, 5.41) is 16.7. The van der Waals surface area contributed by atoms with Crippen LogP contribution in [0.4, 0.5) is 11.8 Å². The van der Waals surface area contributed by atoms with Crippen molar-refractivity contribution in [1.29, 1.82) is 5.41 Å². The maximum Gasteiger partial charge on any atom is 0.279 e. The van der Waals surface area contributed by atoms with Crippen molar-refractivity contribution in [3.63, 3.8) is 0 Å². The van der Waals surface area contributed by atoms with E-state index >= 15 is 0 Å². The van der Waals surface area contributed by atoms with E-state index in [4.69, 9.17) is 26.5 Å². The molecular weight excluding hydrogens is 472 g/mol. The van der Waals surface area contributed by atoms with Crippen molar-refractivity contribution in [2.75, 3.05) is 44.0 Å². The lowest BCUT2D eigenvalue weighted by Gasteiger charge is -2.28. The molecule has 3 fully saturated rings. The Kier molecular flexibility index (Phi) is 7.66. The number of allylic oxidation sites excluding steroid dienone is 1. The summed E-state index contributed by atoms with van der Waals surface area (Å²) in [6, 6.07) is -0.733. The zero-order valence-electron chi connectivity index (χ0n) is 18.3. The van der Waals surface area contributed by atoms with Crippen molar-refractivity contribution in [3.8, 4) is 0 Å². The van der Waals surface area contributed by atoms with Gasteiger partial charge in [0.2, 0.25) is 5.95 Å². The minimum absolute atomic E-state index is 0.225. The van der Waals surface area contributed by atoms with Crippen molar-refractivity contribution in [2.24, 2.45) is 0 Å². The van der Waals surface area contributed by atoms with E-state index in [0.29, 0.717) is 36.2 Å². The number of hydrogen-bond donors (Lipinski definition) is 5. The number of aromatic nitrogens is 2. The highest BCUT2D eigenvalue weighted by Gasteiger charge is 2.49. The number of ether oxygens (including phenoxy) is 2. The first-order valence-corrected chi connectivity index (χ1v) is 12.7. The molecule has 3 saturated heterocycles. The van der Waals surface area contributed by atoms with E-state index in [1.165, 1.54) is 10.5 Å². The fourth-order valence-corrected chi connectivity index (χ4v) is 5.82. The van der Waals surface area contributed by atoms with E-state index in [2.05, 4.69) is 30.6 Å². The van der Waals surface area contributed by atoms with Gasteiger partial charge >= 0.3 is 0 Å². The zero-order valence-corrected chi connectivity index (χ0v) is 19.8. The van der Waals surface area contributed by atoms with Gasteiger partial charge in [-0.15, -0.1) is 0 Å². The maximum absolute atomic E-state index is 12.8. The molecule has 0 radical (unpaired) electrons. The molecule has 1 aromatic rings. The van der Waals surface area contributed by atoms with Crippen molar-refractivity contribution in [2.45, 2.75) is 43.6 Å². The summed E-state index contributed by atoms with van der Waals surface area (Å²) in [5.41, 5.74) is 0.470. The molecule has 0 amide bonds. The molecule has 0 spiro atoms. The van der Waals surface area contributed by atoms with Crippen LogP contribution in [0.5, 0.6) is 0 Å². The summed E-state index contributed by atoms with van der Waals surface area (Å²) in [7, 11) is -1.87. The van der Waals surface area contributed by atoms with Crippen LogP contribution in [0, 0.1) is 5.41 Å². The number of fused-ring (bicyclic) bond motifs is 1. The number of nitrogens with zero attached hydrogens (tertiary/aromatic N) is 3. The molecule has 12 nitrogen and oxygen atoms in total. The Hall–Kier alpha value is -2.03. The lowest BCUT2D eigenvalue weighted by molar-refractivity contribution is 0.0689. The van der Waals surface area contributed by atoms with Crippen molar-refractivity contribution >= 4 is 39.8 Å². The lowest BCUT2D eigenvalue weighted by Crippen LogP contribution is -2.51. The quantitative estimate of drug-likeness (QED) is 0.305. The monoisotopic (exact) mass is 500 g/mol. The number of hydrogen-bond acceptors (Lipinski definition) is 10. The van der Waals surface area contributed by atoms with Gasteiger partial charge in [-0.1, -0.05) is 18.0 Å². The Morgan fingerprint density at radius 2 is 1.91 bits per heavy atom. The van der Waals surface area contributed by atoms with Gasteiger partial charge in [-0.05, 0) is 12.8 Å². The zero-order chi connectivity index (χ0) is 23.4. The van der Waals surface area contributed by atoms with Gasteiger partial charge < -0.3 is 30.8 Å². The fraction of sp³-hybridized carbons (Fsp3) is 0.632. The van der Waals surface area contributed by atoms with Crippen LogP contribution in [0.2, 0.25) is 5.02 Å². The molecule has 14 heteroatoms. The molecule has 0 aromatic carbocycles. The molecule has 3 aliphatic rings. The van der Waals surface area contributed by atoms with Gasteiger partial charge in [-0.25, -0.2) is 4.98 Å². The number of rotatable bonds is 9. The Balaban J connectivity index is 1.40. The largest absolute Gasteiger partial charge is 0.392 e. The molecule has 3 aliphatic heterocycles. The lowest BCUT2D eigenvalue weighted by atomic mass is 10.1. The van der Waals surface area contributed by atoms with Crippen LogP contribution in [0.3, 0.4) is 0 Å². The first kappa shape index (κ1) is 24.1. The average molecular weight is 501 g/mol. The molecule has 0 saturated carbocycles. The topological polar surface area (TPSA) is 154 Å². The van der Waals surface area contributed by atoms with Crippen LogP contribution in [-0.2, 0) is 19.7 Å². The van der Waals surface area contributed by atoms with Crippen LogP contribution >= 0.6 is 11.6 Å². The average Bonchev–Trinajstić information content (AvgIpc) is 3.39. The fourth-order valence-electron chi connectivity index (χ4n) is 4.20. The van der Waals surface area contributed by atoms with Gasteiger partial charge in [0.15, 0.2) is 5.82 Å². The van der Waals surface area contributed by atoms with E-state index < -0.39 is 22.4 Å². The standard InChI is InChI=1S/C19H29ClN8O4S/c1-22-8-12(7-21)24-19-23-9-13(20)18(26-19)25-14-10-31-17-15(11-32-16(14)17)27-33(29,30)28-5-3-2-4-6-28/h7-9,14-17,21-22,27H,2-6,10-11H2,1H3,(H2,23,24,25,26)/b12-8+,21-7?. The third kappa shape index (κ3) is 5.55. The van der Waals surface area contributed by atoms with E-state index in [1.807, 2.05) is 0 Å².